The third-order valence-electron chi connectivity index (χ3n) is 3.97. The first-order chi connectivity index (χ1) is 11.6. The second kappa shape index (κ2) is 7.49. The number of halogens is 1. The van der Waals surface area contributed by atoms with Crippen LogP contribution in [0.15, 0.2) is 30.5 Å². The molecule has 1 saturated heterocycles. The van der Waals surface area contributed by atoms with Gasteiger partial charge in [-0.25, -0.2) is 0 Å². The maximum absolute atomic E-state index is 11.8. The maximum Gasteiger partial charge on any atom is 0.239 e. The molecule has 7 heteroatoms. The minimum Gasteiger partial charge on any atom is -0.383 e. The van der Waals surface area contributed by atoms with Crippen molar-refractivity contribution in [2.24, 2.45) is 0 Å². The summed E-state index contributed by atoms with van der Waals surface area (Å²) >= 11 is 5.98. The molecule has 1 aliphatic rings. The average Bonchev–Trinajstić information content (AvgIpc) is 2.96. The number of hydrogen-bond acceptors (Lipinski definition) is 4. The molecule has 0 unspecified atom stereocenters. The lowest BCUT2D eigenvalue weighted by atomic mass is 10.2. The van der Waals surface area contributed by atoms with E-state index in [0.29, 0.717) is 31.1 Å². The molecule has 2 aromatic rings. The Morgan fingerprint density at radius 2 is 2.17 bits per heavy atom. The number of benzene rings is 1. The number of carbonyl (C=O) groups excluding carboxylic acids is 2. The molecule has 3 rings (SSSR count). The Morgan fingerprint density at radius 1 is 1.29 bits per heavy atom. The quantitative estimate of drug-likeness (QED) is 0.785. The van der Waals surface area contributed by atoms with Gasteiger partial charge in [-0.15, -0.1) is 0 Å². The molecule has 1 aromatic carbocycles. The highest BCUT2D eigenvalue weighted by Crippen LogP contribution is 2.24. The molecule has 2 N–H and O–H groups in total. The number of hydrogen-bond donors (Lipinski definition) is 2. The van der Waals surface area contributed by atoms with Gasteiger partial charge in [0.05, 0.1) is 12.1 Å². The van der Waals surface area contributed by atoms with Crippen molar-refractivity contribution >= 4 is 40.0 Å². The third kappa shape index (κ3) is 3.94. The van der Waals surface area contributed by atoms with Gasteiger partial charge < -0.3 is 15.5 Å². The minimum atomic E-state index is -0.126. The van der Waals surface area contributed by atoms with E-state index in [4.69, 9.17) is 11.6 Å². The van der Waals surface area contributed by atoms with Crippen molar-refractivity contribution in [2.45, 2.75) is 12.8 Å². The number of amides is 2. The Morgan fingerprint density at radius 3 is 2.96 bits per heavy atom. The highest BCUT2D eigenvalue weighted by atomic mass is 35.5. The Labute approximate surface area is 145 Å². The summed E-state index contributed by atoms with van der Waals surface area (Å²) in [5, 5.41) is 7.74. The highest BCUT2D eigenvalue weighted by molar-refractivity contribution is 6.31. The van der Waals surface area contributed by atoms with Gasteiger partial charge in [0.25, 0.3) is 0 Å². The van der Waals surface area contributed by atoms with Gasteiger partial charge in [-0.05, 0) is 30.7 Å². The fourth-order valence-corrected chi connectivity index (χ4v) is 2.94. The van der Waals surface area contributed by atoms with Crippen molar-refractivity contribution in [3.8, 4) is 0 Å². The van der Waals surface area contributed by atoms with E-state index in [9.17, 15) is 9.59 Å². The van der Waals surface area contributed by atoms with E-state index in [1.54, 1.807) is 11.1 Å². The van der Waals surface area contributed by atoms with Crippen molar-refractivity contribution in [1.29, 1.82) is 0 Å². The number of pyridine rings is 1. The SMILES string of the molecule is O=C(CN1CCCC1=O)NCCNc1ccnc2cc(Cl)ccc12. The number of nitrogens with zero attached hydrogens (tertiary/aromatic N) is 2. The fraction of sp³-hybridized carbons (Fsp3) is 0.353. The Hall–Kier alpha value is -2.34. The first-order valence-corrected chi connectivity index (χ1v) is 8.34. The van der Waals surface area contributed by atoms with Gasteiger partial charge in [0.2, 0.25) is 11.8 Å². The molecule has 2 heterocycles. The molecular weight excluding hydrogens is 328 g/mol. The number of likely N-dealkylation sites (tertiary alicyclic amines) is 1. The molecule has 126 valence electrons. The van der Waals surface area contributed by atoms with Crippen LogP contribution in [-0.4, -0.2) is 47.9 Å². The van der Waals surface area contributed by atoms with Crippen LogP contribution in [0.3, 0.4) is 0 Å². The van der Waals surface area contributed by atoms with Gasteiger partial charge in [-0.1, -0.05) is 11.6 Å². The molecule has 1 fully saturated rings. The van der Waals surface area contributed by atoms with E-state index in [2.05, 4.69) is 15.6 Å². The van der Waals surface area contributed by atoms with Crippen LogP contribution >= 0.6 is 11.6 Å². The minimum absolute atomic E-state index is 0.0604. The summed E-state index contributed by atoms with van der Waals surface area (Å²) < 4.78 is 0. The van der Waals surface area contributed by atoms with Gasteiger partial charge in [-0.2, -0.15) is 0 Å². The Balaban J connectivity index is 1.48. The average molecular weight is 347 g/mol. The van der Waals surface area contributed by atoms with E-state index < -0.39 is 0 Å². The number of anilines is 1. The molecule has 0 radical (unpaired) electrons. The van der Waals surface area contributed by atoms with Gasteiger partial charge >= 0.3 is 0 Å². The smallest absolute Gasteiger partial charge is 0.239 e. The molecule has 0 aliphatic carbocycles. The zero-order valence-electron chi connectivity index (χ0n) is 13.2. The van der Waals surface area contributed by atoms with Crippen LogP contribution in [0.2, 0.25) is 5.02 Å². The fourth-order valence-electron chi connectivity index (χ4n) is 2.77. The van der Waals surface area contributed by atoms with Crippen molar-refractivity contribution < 1.29 is 9.59 Å². The highest BCUT2D eigenvalue weighted by Gasteiger charge is 2.21. The molecule has 2 amide bonds. The van der Waals surface area contributed by atoms with E-state index >= 15 is 0 Å². The second-order valence-electron chi connectivity index (χ2n) is 5.72. The van der Waals surface area contributed by atoms with Crippen LogP contribution in [-0.2, 0) is 9.59 Å². The summed E-state index contributed by atoms with van der Waals surface area (Å²) in [7, 11) is 0. The summed E-state index contributed by atoms with van der Waals surface area (Å²) in [6, 6.07) is 7.45. The molecule has 6 nitrogen and oxygen atoms in total. The van der Waals surface area contributed by atoms with Crippen LogP contribution < -0.4 is 10.6 Å². The van der Waals surface area contributed by atoms with Crippen molar-refractivity contribution in [2.75, 3.05) is 31.5 Å². The Kier molecular flexibility index (Phi) is 5.15. The Bertz CT molecular complexity index is 765. The first-order valence-electron chi connectivity index (χ1n) is 7.96. The van der Waals surface area contributed by atoms with Crippen LogP contribution in [0.1, 0.15) is 12.8 Å². The maximum atomic E-state index is 11.8. The van der Waals surface area contributed by atoms with E-state index in [0.717, 1.165) is 23.0 Å². The van der Waals surface area contributed by atoms with E-state index in [-0.39, 0.29) is 18.4 Å². The topological polar surface area (TPSA) is 74.3 Å². The van der Waals surface area contributed by atoms with Crippen LogP contribution in [0, 0.1) is 0 Å². The molecule has 24 heavy (non-hydrogen) atoms. The number of nitrogens with one attached hydrogen (secondary N) is 2. The largest absolute Gasteiger partial charge is 0.383 e. The normalized spacial score (nSPS) is 14.2. The van der Waals surface area contributed by atoms with Crippen molar-refractivity contribution in [3.05, 3.63) is 35.5 Å². The molecule has 0 bridgehead atoms. The van der Waals surface area contributed by atoms with Crippen LogP contribution in [0.25, 0.3) is 10.9 Å². The molecule has 0 atom stereocenters. The standard InChI is InChI=1S/C17H19ClN4O2/c18-12-3-4-13-14(5-6-19-15(13)10-12)20-7-8-21-16(23)11-22-9-1-2-17(22)24/h3-6,10H,1-2,7-9,11H2,(H,19,20)(H,21,23). The van der Waals surface area contributed by atoms with Gasteiger partial charge in [0.1, 0.15) is 0 Å². The lowest BCUT2D eigenvalue weighted by Crippen LogP contribution is -2.39. The number of aromatic nitrogens is 1. The van der Waals surface area contributed by atoms with Crippen molar-refractivity contribution in [3.63, 3.8) is 0 Å². The van der Waals surface area contributed by atoms with Crippen LogP contribution in [0.5, 0.6) is 0 Å². The summed E-state index contributed by atoms with van der Waals surface area (Å²) in [6.07, 6.45) is 3.11. The summed E-state index contributed by atoms with van der Waals surface area (Å²) in [6.45, 7) is 1.89. The second-order valence-corrected chi connectivity index (χ2v) is 6.15. The first kappa shape index (κ1) is 16.5. The molecule has 1 aromatic heterocycles. The monoisotopic (exact) mass is 346 g/mol. The van der Waals surface area contributed by atoms with Gasteiger partial charge in [-0.3, -0.25) is 14.6 Å². The number of fused-ring (bicyclic) bond motifs is 1. The zero-order valence-corrected chi connectivity index (χ0v) is 14.0. The molecule has 0 saturated carbocycles. The van der Waals surface area contributed by atoms with E-state index in [1.165, 1.54) is 0 Å². The summed E-state index contributed by atoms with van der Waals surface area (Å²) in [4.78, 5) is 29.2. The lowest BCUT2D eigenvalue weighted by Gasteiger charge is -2.15. The predicted molar refractivity (Wildman–Crippen MR) is 94.1 cm³/mol. The van der Waals surface area contributed by atoms with Crippen molar-refractivity contribution in [1.82, 2.24) is 15.2 Å². The van der Waals surface area contributed by atoms with Gasteiger partial charge in [0, 0.05) is 48.3 Å². The summed E-state index contributed by atoms with van der Waals surface area (Å²) in [5.41, 5.74) is 1.77. The molecule has 0 spiro atoms. The number of carbonyl (C=O) groups is 2. The molecular formula is C17H19ClN4O2. The number of rotatable bonds is 6. The van der Waals surface area contributed by atoms with E-state index in [1.807, 2.05) is 24.3 Å². The van der Waals surface area contributed by atoms with Gasteiger partial charge in [0.15, 0.2) is 0 Å². The predicted octanol–water partition coefficient (Wildman–Crippen LogP) is 2.04. The van der Waals surface area contributed by atoms with Crippen LogP contribution in [0.4, 0.5) is 5.69 Å². The lowest BCUT2D eigenvalue weighted by molar-refractivity contribution is -0.133. The third-order valence-corrected chi connectivity index (χ3v) is 4.21. The molecule has 1 aliphatic heterocycles. The summed E-state index contributed by atoms with van der Waals surface area (Å²) in [5.74, 6) is -0.0661. The zero-order chi connectivity index (χ0) is 16.9.